The summed E-state index contributed by atoms with van der Waals surface area (Å²) in [5.41, 5.74) is 5.30. The van der Waals surface area contributed by atoms with Crippen molar-refractivity contribution in [2.75, 3.05) is 5.32 Å². The summed E-state index contributed by atoms with van der Waals surface area (Å²) in [5, 5.41) is 3.62. The number of fused-ring (bicyclic) bond motifs is 1. The number of amides is 1. The second-order valence-electron chi connectivity index (χ2n) is 6.56. The minimum Gasteiger partial charge on any atom is -0.361 e. The molecule has 0 saturated carbocycles. The van der Waals surface area contributed by atoms with E-state index in [-0.39, 0.29) is 12.1 Å². The van der Waals surface area contributed by atoms with Gasteiger partial charge >= 0.3 is 0 Å². The lowest BCUT2D eigenvalue weighted by atomic mass is 10.1. The maximum atomic E-state index is 13.0. The number of hydrogen-bond acceptors (Lipinski definition) is 2. The third-order valence-corrected chi connectivity index (χ3v) is 4.94. The number of carbonyl (C=O) groups is 1. The van der Waals surface area contributed by atoms with Gasteiger partial charge in [-0.05, 0) is 29.7 Å². The molecule has 3 heteroatoms. The van der Waals surface area contributed by atoms with Gasteiger partial charge in [-0.25, -0.2) is 0 Å². The highest BCUT2D eigenvalue weighted by atomic mass is 16.2. The maximum Gasteiger partial charge on any atom is 0.256 e. The van der Waals surface area contributed by atoms with Gasteiger partial charge in [0, 0.05) is 23.4 Å². The molecule has 26 heavy (non-hydrogen) atoms. The Labute approximate surface area is 154 Å². The van der Waals surface area contributed by atoms with Crippen LogP contribution in [-0.4, -0.2) is 10.8 Å². The highest BCUT2D eigenvalue weighted by Gasteiger charge is 2.36. The lowest BCUT2D eigenvalue weighted by molar-refractivity contribution is 0.0728. The number of hydrogen-bond donors (Lipinski definition) is 1. The predicted molar refractivity (Wildman–Crippen MR) is 105 cm³/mol. The average Bonchev–Trinajstić information content (AvgIpc) is 2.95. The first-order valence-electron chi connectivity index (χ1n) is 9.06. The van der Waals surface area contributed by atoms with Gasteiger partial charge in [0.15, 0.2) is 0 Å². The predicted octanol–water partition coefficient (Wildman–Crippen LogP) is 5.02. The molecule has 1 amide bonds. The van der Waals surface area contributed by atoms with Crippen LogP contribution in [-0.2, 0) is 13.0 Å². The van der Waals surface area contributed by atoms with Crippen LogP contribution in [0.5, 0.6) is 0 Å². The van der Waals surface area contributed by atoms with Crippen molar-refractivity contribution in [3.8, 4) is 0 Å². The van der Waals surface area contributed by atoms with E-state index in [0.29, 0.717) is 6.54 Å². The van der Waals surface area contributed by atoms with E-state index in [1.54, 1.807) is 0 Å². The Bertz CT molecular complexity index is 920. The molecule has 1 heterocycles. The van der Waals surface area contributed by atoms with Gasteiger partial charge in [0.05, 0.1) is 0 Å². The molecule has 0 spiro atoms. The Morgan fingerprint density at radius 1 is 0.885 bits per heavy atom. The van der Waals surface area contributed by atoms with Crippen molar-refractivity contribution in [1.82, 2.24) is 4.90 Å². The van der Waals surface area contributed by atoms with Crippen LogP contribution in [0.4, 0.5) is 5.69 Å². The largest absolute Gasteiger partial charge is 0.361 e. The van der Waals surface area contributed by atoms with Gasteiger partial charge in [0.2, 0.25) is 0 Å². The molecule has 1 N–H and O–H groups in total. The standard InChI is InChI=1S/C23H22N2O/c1-2-18-12-6-9-15-21(18)24-22-19-13-7-8-14-20(19)23(26)25(22)16-17-10-4-3-5-11-17/h3-15,22,24H,2,16H2,1H3/t22-/m0/s1. The molecule has 3 aromatic rings. The van der Waals surface area contributed by atoms with Crippen molar-refractivity contribution in [2.45, 2.75) is 26.1 Å². The summed E-state index contributed by atoms with van der Waals surface area (Å²) in [4.78, 5) is 15.0. The normalized spacial score (nSPS) is 15.8. The Kier molecular flexibility index (Phi) is 4.44. The van der Waals surface area contributed by atoms with Crippen molar-refractivity contribution in [1.29, 1.82) is 0 Å². The molecule has 1 aliphatic heterocycles. The van der Waals surface area contributed by atoms with E-state index in [9.17, 15) is 4.79 Å². The van der Waals surface area contributed by atoms with Crippen LogP contribution in [0.25, 0.3) is 0 Å². The van der Waals surface area contributed by atoms with E-state index in [1.807, 2.05) is 53.4 Å². The Morgan fingerprint density at radius 3 is 2.38 bits per heavy atom. The zero-order valence-corrected chi connectivity index (χ0v) is 14.9. The number of nitrogens with zero attached hydrogens (tertiary/aromatic N) is 1. The summed E-state index contributed by atoms with van der Waals surface area (Å²) in [5.74, 6) is 0.0796. The second-order valence-corrected chi connectivity index (χ2v) is 6.56. The topological polar surface area (TPSA) is 32.3 Å². The lowest BCUT2D eigenvalue weighted by Gasteiger charge is -2.28. The average molecular weight is 342 g/mol. The van der Waals surface area contributed by atoms with E-state index < -0.39 is 0 Å². The third-order valence-electron chi connectivity index (χ3n) is 4.94. The van der Waals surface area contributed by atoms with Crippen LogP contribution in [0, 0.1) is 0 Å². The fraction of sp³-hybridized carbons (Fsp3) is 0.174. The molecule has 0 bridgehead atoms. The smallest absolute Gasteiger partial charge is 0.256 e. The van der Waals surface area contributed by atoms with Crippen molar-refractivity contribution >= 4 is 11.6 Å². The third kappa shape index (κ3) is 2.97. The maximum absolute atomic E-state index is 13.0. The van der Waals surface area contributed by atoms with Gasteiger partial charge in [-0.2, -0.15) is 0 Å². The molecule has 1 aliphatic rings. The first-order valence-corrected chi connectivity index (χ1v) is 9.06. The van der Waals surface area contributed by atoms with Crippen LogP contribution < -0.4 is 5.32 Å². The molecule has 0 aromatic heterocycles. The van der Waals surface area contributed by atoms with Crippen molar-refractivity contribution in [2.24, 2.45) is 0 Å². The van der Waals surface area contributed by atoms with E-state index in [0.717, 1.165) is 28.8 Å². The fourth-order valence-corrected chi connectivity index (χ4v) is 3.59. The van der Waals surface area contributed by atoms with E-state index in [4.69, 9.17) is 0 Å². The van der Waals surface area contributed by atoms with E-state index in [2.05, 4.69) is 42.6 Å². The summed E-state index contributed by atoms with van der Waals surface area (Å²) in [6.07, 6.45) is 0.788. The molecule has 3 aromatic carbocycles. The highest BCUT2D eigenvalue weighted by Crippen LogP contribution is 2.36. The number of aryl methyl sites for hydroxylation is 1. The Balaban J connectivity index is 1.71. The van der Waals surface area contributed by atoms with Crippen molar-refractivity contribution in [3.63, 3.8) is 0 Å². The molecule has 3 nitrogen and oxygen atoms in total. The van der Waals surface area contributed by atoms with Gasteiger partial charge in [-0.15, -0.1) is 0 Å². The molecule has 0 radical (unpaired) electrons. The summed E-state index contributed by atoms with van der Waals surface area (Å²) >= 11 is 0. The minimum absolute atomic E-state index is 0.0796. The molecule has 0 saturated heterocycles. The van der Waals surface area contributed by atoms with Crippen LogP contribution >= 0.6 is 0 Å². The fourth-order valence-electron chi connectivity index (χ4n) is 3.59. The number of benzene rings is 3. The summed E-state index contributed by atoms with van der Waals surface area (Å²) in [6, 6.07) is 26.3. The van der Waals surface area contributed by atoms with Crippen LogP contribution in [0.3, 0.4) is 0 Å². The summed E-state index contributed by atoms with van der Waals surface area (Å²) in [6.45, 7) is 2.73. The first kappa shape index (κ1) is 16.4. The van der Waals surface area contributed by atoms with Gasteiger partial charge in [0.25, 0.3) is 5.91 Å². The molecular weight excluding hydrogens is 320 g/mol. The second kappa shape index (κ2) is 7.04. The zero-order chi connectivity index (χ0) is 17.9. The van der Waals surface area contributed by atoms with E-state index >= 15 is 0 Å². The Morgan fingerprint density at radius 2 is 1.58 bits per heavy atom. The molecule has 1 atom stereocenters. The van der Waals surface area contributed by atoms with Gasteiger partial charge in [-0.3, -0.25) is 4.79 Å². The molecular formula is C23H22N2O. The molecule has 0 fully saturated rings. The van der Waals surface area contributed by atoms with Crippen molar-refractivity contribution in [3.05, 3.63) is 101 Å². The molecule has 0 aliphatic carbocycles. The number of rotatable bonds is 5. The van der Waals surface area contributed by atoms with Crippen molar-refractivity contribution < 1.29 is 4.79 Å². The number of nitrogens with one attached hydrogen (secondary N) is 1. The summed E-state index contributed by atoms with van der Waals surface area (Å²) in [7, 11) is 0. The SMILES string of the molecule is CCc1ccccc1N[C@@H]1c2ccccc2C(=O)N1Cc1ccccc1. The quantitative estimate of drug-likeness (QED) is 0.706. The first-order chi connectivity index (χ1) is 12.8. The molecule has 0 unspecified atom stereocenters. The number of carbonyl (C=O) groups excluding carboxylic acids is 1. The van der Waals surface area contributed by atoms with Crippen LogP contribution in [0.1, 0.15) is 40.1 Å². The van der Waals surface area contributed by atoms with Crippen LogP contribution in [0.15, 0.2) is 78.9 Å². The van der Waals surface area contributed by atoms with Gasteiger partial charge < -0.3 is 10.2 Å². The zero-order valence-electron chi connectivity index (χ0n) is 14.9. The Hall–Kier alpha value is -3.07. The monoisotopic (exact) mass is 342 g/mol. The molecule has 130 valence electrons. The molecule has 4 rings (SSSR count). The minimum atomic E-state index is -0.161. The highest BCUT2D eigenvalue weighted by molar-refractivity contribution is 5.99. The van der Waals surface area contributed by atoms with Gasteiger partial charge in [-0.1, -0.05) is 73.7 Å². The number of para-hydroxylation sites is 1. The van der Waals surface area contributed by atoms with E-state index in [1.165, 1.54) is 5.56 Å². The lowest BCUT2D eigenvalue weighted by Crippen LogP contribution is -2.32. The van der Waals surface area contributed by atoms with Crippen LogP contribution in [0.2, 0.25) is 0 Å². The summed E-state index contributed by atoms with van der Waals surface area (Å²) < 4.78 is 0. The van der Waals surface area contributed by atoms with Gasteiger partial charge in [0.1, 0.15) is 6.17 Å². The number of anilines is 1.